The molecule has 0 bridgehead atoms. The van der Waals surface area contributed by atoms with Crippen LogP contribution in [0.3, 0.4) is 0 Å². The summed E-state index contributed by atoms with van der Waals surface area (Å²) in [4.78, 5) is 17.9. The highest BCUT2D eigenvalue weighted by Gasteiger charge is 2.14. The predicted molar refractivity (Wildman–Crippen MR) is 108 cm³/mol. The molecule has 2 aromatic rings. The van der Waals surface area contributed by atoms with Gasteiger partial charge in [-0.3, -0.25) is 9.78 Å². The van der Waals surface area contributed by atoms with Crippen LogP contribution in [0.25, 0.3) is 6.08 Å². The Bertz CT molecular complexity index is 741. The van der Waals surface area contributed by atoms with Gasteiger partial charge in [-0.25, -0.2) is 0 Å². The summed E-state index contributed by atoms with van der Waals surface area (Å²) >= 11 is 0. The normalized spacial score (nSPS) is 10.2. The van der Waals surface area contributed by atoms with Crippen LogP contribution >= 0.6 is 12.4 Å². The van der Waals surface area contributed by atoms with Crippen molar-refractivity contribution in [1.82, 2.24) is 9.88 Å². The average molecular weight is 393 g/mol. The van der Waals surface area contributed by atoms with Gasteiger partial charge in [-0.1, -0.05) is 6.07 Å². The Balaban J connectivity index is 0.00000364. The quantitative estimate of drug-likeness (QED) is 0.645. The van der Waals surface area contributed by atoms with E-state index in [0.717, 1.165) is 11.1 Å². The third-order valence-electron chi connectivity index (χ3n) is 3.94. The highest BCUT2D eigenvalue weighted by Crippen LogP contribution is 2.38. The first-order valence-electron chi connectivity index (χ1n) is 8.21. The van der Waals surface area contributed by atoms with Crippen molar-refractivity contribution >= 4 is 24.4 Å². The maximum absolute atomic E-state index is 12.2. The number of carbonyl (C=O) groups excluding carboxylic acids is 1. The SMILES string of the molecule is COc1cc(CCN(C)C(=O)/C=C/c2cccnc2)cc(OC)c1OC.Cl. The minimum absolute atomic E-state index is 0. The van der Waals surface area contributed by atoms with Gasteiger partial charge in [0.2, 0.25) is 11.7 Å². The van der Waals surface area contributed by atoms with Crippen LogP contribution in [-0.2, 0) is 11.2 Å². The first-order chi connectivity index (χ1) is 12.6. The number of nitrogens with zero attached hydrogens (tertiary/aromatic N) is 2. The third-order valence-corrected chi connectivity index (χ3v) is 3.94. The molecule has 2 rings (SSSR count). The molecule has 1 heterocycles. The van der Waals surface area contributed by atoms with E-state index in [1.165, 1.54) is 0 Å². The van der Waals surface area contributed by atoms with E-state index in [0.29, 0.717) is 30.2 Å². The van der Waals surface area contributed by atoms with Crippen molar-refractivity contribution in [3.8, 4) is 17.2 Å². The fourth-order valence-corrected chi connectivity index (χ4v) is 2.46. The van der Waals surface area contributed by atoms with Crippen LogP contribution in [0.4, 0.5) is 0 Å². The van der Waals surface area contributed by atoms with Crippen molar-refractivity contribution in [3.63, 3.8) is 0 Å². The standard InChI is InChI=1S/C20H24N2O4.ClH/c1-22(19(23)8-7-15-6-5-10-21-14-15)11-9-16-12-17(24-2)20(26-4)18(13-16)25-3;/h5-8,10,12-14H,9,11H2,1-4H3;1H/b8-7+;. The summed E-state index contributed by atoms with van der Waals surface area (Å²) in [6.45, 7) is 0.564. The third kappa shape index (κ3) is 6.18. The van der Waals surface area contributed by atoms with E-state index in [9.17, 15) is 4.79 Å². The topological polar surface area (TPSA) is 60.9 Å². The van der Waals surface area contributed by atoms with E-state index in [-0.39, 0.29) is 18.3 Å². The fraction of sp³-hybridized carbons (Fsp3) is 0.300. The molecule has 27 heavy (non-hydrogen) atoms. The van der Waals surface area contributed by atoms with Gasteiger partial charge in [0.15, 0.2) is 11.5 Å². The second kappa shape index (κ2) is 11.1. The molecule has 0 aliphatic carbocycles. The molecule has 0 radical (unpaired) electrons. The van der Waals surface area contributed by atoms with Crippen LogP contribution in [0.2, 0.25) is 0 Å². The van der Waals surface area contributed by atoms with Gasteiger partial charge in [-0.05, 0) is 41.8 Å². The smallest absolute Gasteiger partial charge is 0.246 e. The number of hydrogen-bond acceptors (Lipinski definition) is 5. The van der Waals surface area contributed by atoms with E-state index < -0.39 is 0 Å². The Kier molecular flexibility index (Phi) is 9.16. The van der Waals surface area contributed by atoms with E-state index in [1.54, 1.807) is 57.8 Å². The minimum Gasteiger partial charge on any atom is -0.493 e. The number of benzene rings is 1. The second-order valence-electron chi connectivity index (χ2n) is 5.66. The van der Waals surface area contributed by atoms with E-state index in [2.05, 4.69) is 4.98 Å². The Morgan fingerprint density at radius 3 is 2.33 bits per heavy atom. The summed E-state index contributed by atoms with van der Waals surface area (Å²) in [6.07, 6.45) is 7.37. The molecule has 0 fully saturated rings. The number of likely N-dealkylation sites (N-methyl/N-ethyl adjacent to an activating group) is 1. The molecule has 146 valence electrons. The number of amides is 1. The maximum Gasteiger partial charge on any atom is 0.246 e. The van der Waals surface area contributed by atoms with Gasteiger partial charge in [0.1, 0.15) is 0 Å². The predicted octanol–water partition coefficient (Wildman–Crippen LogP) is 3.24. The lowest BCUT2D eigenvalue weighted by atomic mass is 10.1. The van der Waals surface area contributed by atoms with Crippen LogP contribution in [0.15, 0.2) is 42.7 Å². The summed E-state index contributed by atoms with van der Waals surface area (Å²) in [5, 5.41) is 0. The molecule has 0 spiro atoms. The highest BCUT2D eigenvalue weighted by atomic mass is 35.5. The Morgan fingerprint density at radius 2 is 1.81 bits per heavy atom. The van der Waals surface area contributed by atoms with Crippen LogP contribution in [0.5, 0.6) is 17.2 Å². The van der Waals surface area contributed by atoms with Crippen molar-refractivity contribution in [3.05, 3.63) is 53.9 Å². The molecular weight excluding hydrogens is 368 g/mol. The largest absolute Gasteiger partial charge is 0.493 e. The summed E-state index contributed by atoms with van der Waals surface area (Å²) in [6, 6.07) is 7.52. The van der Waals surface area contributed by atoms with Crippen molar-refractivity contribution in [2.45, 2.75) is 6.42 Å². The number of ether oxygens (including phenoxy) is 3. The summed E-state index contributed by atoms with van der Waals surface area (Å²) < 4.78 is 16.0. The van der Waals surface area contributed by atoms with Gasteiger partial charge in [0.25, 0.3) is 0 Å². The molecule has 0 aliphatic heterocycles. The van der Waals surface area contributed by atoms with Crippen molar-refractivity contribution < 1.29 is 19.0 Å². The molecule has 6 nitrogen and oxygen atoms in total. The van der Waals surface area contributed by atoms with Crippen molar-refractivity contribution in [1.29, 1.82) is 0 Å². The Labute approximate surface area is 166 Å². The summed E-state index contributed by atoms with van der Waals surface area (Å²) in [7, 11) is 6.51. The van der Waals surface area contributed by atoms with Crippen LogP contribution < -0.4 is 14.2 Å². The highest BCUT2D eigenvalue weighted by molar-refractivity contribution is 5.91. The zero-order valence-corrected chi connectivity index (χ0v) is 16.8. The van der Waals surface area contributed by atoms with Gasteiger partial charge >= 0.3 is 0 Å². The number of rotatable bonds is 8. The molecule has 1 amide bonds. The Hall–Kier alpha value is -2.73. The Morgan fingerprint density at radius 1 is 1.15 bits per heavy atom. The fourth-order valence-electron chi connectivity index (χ4n) is 2.46. The van der Waals surface area contributed by atoms with Gasteiger partial charge in [0, 0.05) is 32.1 Å². The molecule has 7 heteroatoms. The molecule has 0 aliphatic rings. The first-order valence-corrected chi connectivity index (χ1v) is 8.21. The lowest BCUT2D eigenvalue weighted by Gasteiger charge is -2.17. The van der Waals surface area contributed by atoms with Crippen LogP contribution in [0.1, 0.15) is 11.1 Å². The molecule has 0 saturated heterocycles. The molecule has 0 atom stereocenters. The van der Waals surface area contributed by atoms with E-state index >= 15 is 0 Å². The first kappa shape index (κ1) is 22.3. The number of carbonyl (C=O) groups is 1. The van der Waals surface area contributed by atoms with Gasteiger partial charge in [-0.2, -0.15) is 0 Å². The average Bonchev–Trinajstić information content (AvgIpc) is 2.69. The number of pyridine rings is 1. The number of aromatic nitrogens is 1. The molecule has 1 aromatic heterocycles. The molecule has 0 unspecified atom stereocenters. The van der Waals surface area contributed by atoms with Crippen molar-refractivity contribution in [2.75, 3.05) is 34.9 Å². The monoisotopic (exact) mass is 392 g/mol. The zero-order valence-electron chi connectivity index (χ0n) is 16.0. The lowest BCUT2D eigenvalue weighted by molar-refractivity contribution is -0.124. The number of methoxy groups -OCH3 is 3. The molecular formula is C20H25ClN2O4. The zero-order chi connectivity index (χ0) is 18.9. The maximum atomic E-state index is 12.2. The summed E-state index contributed by atoms with van der Waals surface area (Å²) in [5.41, 5.74) is 1.88. The lowest BCUT2D eigenvalue weighted by Crippen LogP contribution is -2.27. The molecule has 0 saturated carbocycles. The van der Waals surface area contributed by atoms with Crippen LogP contribution in [0, 0.1) is 0 Å². The second-order valence-corrected chi connectivity index (χ2v) is 5.66. The van der Waals surface area contributed by atoms with Gasteiger partial charge < -0.3 is 19.1 Å². The minimum atomic E-state index is -0.0682. The summed E-state index contributed by atoms with van der Waals surface area (Å²) in [5.74, 6) is 1.70. The molecule has 1 aromatic carbocycles. The molecule has 0 N–H and O–H groups in total. The van der Waals surface area contributed by atoms with E-state index in [1.807, 2.05) is 24.3 Å². The van der Waals surface area contributed by atoms with E-state index in [4.69, 9.17) is 14.2 Å². The van der Waals surface area contributed by atoms with Crippen molar-refractivity contribution in [2.24, 2.45) is 0 Å². The van der Waals surface area contributed by atoms with Gasteiger partial charge in [0.05, 0.1) is 21.3 Å². The number of hydrogen-bond donors (Lipinski definition) is 0. The van der Waals surface area contributed by atoms with Gasteiger partial charge in [-0.15, -0.1) is 12.4 Å². The van der Waals surface area contributed by atoms with Crippen LogP contribution in [-0.4, -0.2) is 50.7 Å². The number of halogens is 1.